The highest BCUT2D eigenvalue weighted by molar-refractivity contribution is 7.89. The van der Waals surface area contributed by atoms with Crippen LogP contribution < -0.4 is 4.72 Å². The van der Waals surface area contributed by atoms with Crippen molar-refractivity contribution in [2.24, 2.45) is 0 Å². The first-order valence-electron chi connectivity index (χ1n) is 8.70. The molecule has 3 aromatic rings. The summed E-state index contributed by atoms with van der Waals surface area (Å²) < 4.78 is 40.5. The van der Waals surface area contributed by atoms with Crippen LogP contribution in [0.15, 0.2) is 53.4 Å². The summed E-state index contributed by atoms with van der Waals surface area (Å²) in [5.74, 6) is -0.284. The number of nitrogens with zero attached hydrogens (tertiary/aromatic N) is 1. The second-order valence-corrected chi connectivity index (χ2v) is 9.03. The van der Waals surface area contributed by atoms with Crippen LogP contribution in [-0.2, 0) is 22.9 Å². The van der Waals surface area contributed by atoms with Crippen molar-refractivity contribution in [2.75, 3.05) is 6.54 Å². The van der Waals surface area contributed by atoms with Gasteiger partial charge in [-0.2, -0.15) is 0 Å². The third-order valence-electron chi connectivity index (χ3n) is 4.27. The van der Waals surface area contributed by atoms with E-state index in [1.165, 1.54) is 23.5 Å². The van der Waals surface area contributed by atoms with E-state index in [1.54, 1.807) is 24.3 Å². The predicted octanol–water partition coefficient (Wildman–Crippen LogP) is 4.34. The molecule has 0 aliphatic heterocycles. The van der Waals surface area contributed by atoms with Gasteiger partial charge in [0, 0.05) is 17.0 Å². The second kappa shape index (κ2) is 8.29. The number of hydrogen-bond acceptors (Lipinski definition) is 4. The van der Waals surface area contributed by atoms with Crippen LogP contribution in [-0.4, -0.2) is 19.9 Å². The minimum absolute atomic E-state index is 0.271. The lowest BCUT2D eigenvalue weighted by atomic mass is 10.2. The zero-order chi connectivity index (χ0) is 19.4. The van der Waals surface area contributed by atoms with Crippen molar-refractivity contribution in [1.82, 2.24) is 9.71 Å². The van der Waals surface area contributed by atoms with E-state index in [9.17, 15) is 12.8 Å². The molecule has 0 aliphatic carbocycles. The third-order valence-corrected chi connectivity index (χ3v) is 7.01. The molecule has 0 atom stereocenters. The van der Waals surface area contributed by atoms with E-state index in [2.05, 4.69) is 9.71 Å². The highest BCUT2D eigenvalue weighted by Crippen LogP contribution is 2.28. The highest BCUT2D eigenvalue weighted by atomic mass is 32.2. The van der Waals surface area contributed by atoms with Crippen molar-refractivity contribution in [3.63, 3.8) is 0 Å². The molecule has 0 saturated heterocycles. The number of rotatable bonds is 7. The molecule has 0 amide bonds. The molecule has 4 nitrogen and oxygen atoms in total. The van der Waals surface area contributed by atoms with Crippen molar-refractivity contribution in [1.29, 1.82) is 0 Å². The summed E-state index contributed by atoms with van der Waals surface area (Å²) in [7, 11) is -3.53. The van der Waals surface area contributed by atoms with Gasteiger partial charge in [-0.25, -0.2) is 22.5 Å². The molecule has 1 N–H and O–H groups in total. The van der Waals surface area contributed by atoms with Gasteiger partial charge in [-0.3, -0.25) is 0 Å². The Morgan fingerprint density at radius 3 is 2.37 bits per heavy atom. The van der Waals surface area contributed by atoms with E-state index < -0.39 is 10.0 Å². The Hall–Kier alpha value is -2.09. The molecule has 27 heavy (non-hydrogen) atoms. The van der Waals surface area contributed by atoms with E-state index in [1.807, 2.05) is 26.0 Å². The average molecular weight is 405 g/mol. The molecule has 0 unspecified atom stereocenters. The summed E-state index contributed by atoms with van der Waals surface area (Å²) in [6, 6.07) is 13.1. The van der Waals surface area contributed by atoms with E-state index in [0.29, 0.717) is 13.0 Å². The van der Waals surface area contributed by atoms with Gasteiger partial charge in [0.2, 0.25) is 10.0 Å². The molecule has 2 aromatic carbocycles. The molecule has 0 radical (unpaired) electrons. The summed E-state index contributed by atoms with van der Waals surface area (Å²) in [4.78, 5) is 5.81. The molecule has 7 heteroatoms. The maximum Gasteiger partial charge on any atom is 0.240 e. The van der Waals surface area contributed by atoms with Gasteiger partial charge in [-0.05, 0) is 61.7 Å². The fourth-order valence-corrected chi connectivity index (χ4v) is 4.76. The standard InChI is InChI=1S/C20H21FN2O2S2/c1-3-15-4-10-18(11-5-15)27(24,25)22-13-12-19-14(2)23-20(26-19)16-6-8-17(21)9-7-16/h4-11,22H,3,12-13H2,1-2H3. The lowest BCUT2D eigenvalue weighted by Crippen LogP contribution is -2.25. The largest absolute Gasteiger partial charge is 0.241 e. The van der Waals surface area contributed by atoms with Gasteiger partial charge in [0.15, 0.2) is 0 Å². The first-order chi connectivity index (χ1) is 12.9. The van der Waals surface area contributed by atoms with Crippen LogP contribution in [0.25, 0.3) is 10.6 Å². The minimum Gasteiger partial charge on any atom is -0.241 e. The number of aryl methyl sites for hydroxylation is 2. The predicted molar refractivity (Wildman–Crippen MR) is 107 cm³/mol. The fraction of sp³-hybridized carbons (Fsp3) is 0.250. The van der Waals surface area contributed by atoms with Gasteiger partial charge in [-0.15, -0.1) is 11.3 Å². The first-order valence-corrected chi connectivity index (χ1v) is 11.0. The van der Waals surface area contributed by atoms with Crippen LogP contribution in [0.4, 0.5) is 4.39 Å². The summed E-state index contributed by atoms with van der Waals surface area (Å²) in [6.07, 6.45) is 1.42. The van der Waals surface area contributed by atoms with Crippen molar-refractivity contribution in [3.05, 3.63) is 70.5 Å². The van der Waals surface area contributed by atoms with Gasteiger partial charge >= 0.3 is 0 Å². The van der Waals surface area contributed by atoms with Crippen LogP contribution >= 0.6 is 11.3 Å². The molecule has 0 spiro atoms. The van der Waals surface area contributed by atoms with E-state index in [0.717, 1.165) is 33.1 Å². The number of sulfonamides is 1. The van der Waals surface area contributed by atoms with Crippen molar-refractivity contribution < 1.29 is 12.8 Å². The lowest BCUT2D eigenvalue weighted by molar-refractivity contribution is 0.581. The molecular formula is C20H21FN2O2S2. The van der Waals surface area contributed by atoms with E-state index in [-0.39, 0.29) is 10.7 Å². The Kier molecular flexibility index (Phi) is 6.04. The zero-order valence-electron chi connectivity index (χ0n) is 15.2. The molecule has 1 aromatic heterocycles. The molecule has 0 bridgehead atoms. The normalized spacial score (nSPS) is 11.7. The summed E-state index contributed by atoms with van der Waals surface area (Å²) in [5, 5.41) is 0.806. The smallest absolute Gasteiger partial charge is 0.240 e. The Labute approximate surface area is 163 Å². The van der Waals surface area contributed by atoms with Crippen molar-refractivity contribution in [3.8, 4) is 10.6 Å². The summed E-state index contributed by atoms with van der Waals surface area (Å²) in [6.45, 7) is 4.22. The van der Waals surface area contributed by atoms with Crippen molar-refractivity contribution in [2.45, 2.75) is 31.6 Å². The number of thiazole rings is 1. The molecule has 0 fully saturated rings. The average Bonchev–Trinajstić information content (AvgIpc) is 3.03. The Morgan fingerprint density at radius 1 is 1.07 bits per heavy atom. The second-order valence-electron chi connectivity index (χ2n) is 6.18. The Morgan fingerprint density at radius 2 is 1.74 bits per heavy atom. The maximum absolute atomic E-state index is 13.1. The minimum atomic E-state index is -3.53. The summed E-state index contributed by atoms with van der Waals surface area (Å²) in [5.41, 5.74) is 2.82. The molecule has 0 aliphatic rings. The van der Waals surface area contributed by atoms with Gasteiger partial charge in [-0.1, -0.05) is 19.1 Å². The first kappa shape index (κ1) is 19.7. The van der Waals surface area contributed by atoms with Gasteiger partial charge in [0.05, 0.1) is 10.6 Å². The molecule has 142 valence electrons. The summed E-state index contributed by atoms with van der Waals surface area (Å²) >= 11 is 1.50. The van der Waals surface area contributed by atoms with Gasteiger partial charge in [0.1, 0.15) is 10.8 Å². The van der Waals surface area contributed by atoms with Crippen LogP contribution in [0.5, 0.6) is 0 Å². The molecule has 3 rings (SSSR count). The number of aromatic nitrogens is 1. The fourth-order valence-electron chi connectivity index (χ4n) is 2.66. The van der Waals surface area contributed by atoms with Crippen LogP contribution in [0.1, 0.15) is 23.1 Å². The monoisotopic (exact) mass is 404 g/mol. The maximum atomic E-state index is 13.1. The van der Waals surface area contributed by atoms with Crippen molar-refractivity contribution >= 4 is 21.4 Å². The Bertz CT molecular complexity index is 1010. The molecular weight excluding hydrogens is 383 g/mol. The van der Waals surface area contributed by atoms with E-state index in [4.69, 9.17) is 0 Å². The molecule has 0 saturated carbocycles. The zero-order valence-corrected chi connectivity index (χ0v) is 16.8. The topological polar surface area (TPSA) is 59.1 Å². The van der Waals surface area contributed by atoms with Crippen LogP contribution in [0.2, 0.25) is 0 Å². The Balaban J connectivity index is 1.65. The van der Waals surface area contributed by atoms with Crippen LogP contribution in [0.3, 0.4) is 0 Å². The SMILES string of the molecule is CCc1ccc(S(=O)(=O)NCCc2sc(-c3ccc(F)cc3)nc2C)cc1. The number of hydrogen-bond donors (Lipinski definition) is 1. The quantitative estimate of drug-likeness (QED) is 0.637. The van der Waals surface area contributed by atoms with Crippen LogP contribution in [0, 0.1) is 12.7 Å². The van der Waals surface area contributed by atoms with E-state index >= 15 is 0 Å². The number of halogens is 1. The number of nitrogens with one attached hydrogen (secondary N) is 1. The molecule has 1 heterocycles. The van der Waals surface area contributed by atoms with Gasteiger partial charge < -0.3 is 0 Å². The lowest BCUT2D eigenvalue weighted by Gasteiger charge is -2.07. The third kappa shape index (κ3) is 4.80. The highest BCUT2D eigenvalue weighted by Gasteiger charge is 2.15. The number of benzene rings is 2. The van der Waals surface area contributed by atoms with Gasteiger partial charge in [0.25, 0.3) is 0 Å².